The van der Waals surface area contributed by atoms with Gasteiger partial charge in [0.2, 0.25) is 0 Å². The van der Waals surface area contributed by atoms with Gasteiger partial charge >= 0.3 is 0 Å². The van der Waals surface area contributed by atoms with Crippen molar-refractivity contribution in [3.8, 4) is 0 Å². The number of benzene rings is 1. The summed E-state index contributed by atoms with van der Waals surface area (Å²) < 4.78 is 2.13. The maximum atomic E-state index is 12.2. The number of fused-ring (bicyclic) bond motifs is 1. The van der Waals surface area contributed by atoms with Crippen molar-refractivity contribution in [2.24, 2.45) is 0 Å². The van der Waals surface area contributed by atoms with Gasteiger partial charge in [0.1, 0.15) is 0 Å². The van der Waals surface area contributed by atoms with E-state index < -0.39 is 0 Å². The van der Waals surface area contributed by atoms with Crippen molar-refractivity contribution < 1.29 is 9.59 Å². The summed E-state index contributed by atoms with van der Waals surface area (Å²) in [6, 6.07) is 1.69. The summed E-state index contributed by atoms with van der Waals surface area (Å²) in [6.45, 7) is 2.51. The van der Waals surface area contributed by atoms with Crippen LogP contribution in [0.5, 0.6) is 0 Å². The molecular weight excluding hydrogens is 430 g/mol. The fraction of sp³-hybridized carbons (Fsp3) is 0.333. The Morgan fingerprint density at radius 2 is 1.78 bits per heavy atom. The van der Waals surface area contributed by atoms with Gasteiger partial charge in [-0.15, -0.1) is 0 Å². The summed E-state index contributed by atoms with van der Waals surface area (Å²) in [4.78, 5) is 25.7. The number of hydrogen-bond acceptors (Lipinski definition) is 2. The standard InChI is InChI=1S/C12H10Br3NO2/c1-2-3-4-16-11(17)6-5-7(13)9(14)10(15)8(6)12(16)18/h5H,2-4H2,1H3. The van der Waals surface area contributed by atoms with E-state index in [2.05, 4.69) is 47.8 Å². The molecular formula is C12H10Br3NO2. The molecule has 0 spiro atoms. The smallest absolute Gasteiger partial charge is 0.262 e. The minimum atomic E-state index is -0.219. The maximum Gasteiger partial charge on any atom is 0.262 e. The highest BCUT2D eigenvalue weighted by molar-refractivity contribution is 9.14. The molecule has 0 bridgehead atoms. The second-order valence-electron chi connectivity index (χ2n) is 4.02. The van der Waals surface area contributed by atoms with Crippen molar-refractivity contribution >= 4 is 59.6 Å². The topological polar surface area (TPSA) is 37.4 Å². The van der Waals surface area contributed by atoms with Gasteiger partial charge in [-0.05, 0) is 60.3 Å². The third kappa shape index (κ3) is 2.18. The molecule has 18 heavy (non-hydrogen) atoms. The summed E-state index contributed by atoms with van der Waals surface area (Å²) in [6.07, 6.45) is 1.77. The van der Waals surface area contributed by atoms with Crippen LogP contribution in [-0.4, -0.2) is 23.3 Å². The molecule has 96 valence electrons. The number of amides is 2. The first-order valence-electron chi connectivity index (χ1n) is 5.52. The van der Waals surface area contributed by atoms with Crippen LogP contribution in [0.3, 0.4) is 0 Å². The number of carbonyl (C=O) groups is 2. The lowest BCUT2D eigenvalue weighted by molar-refractivity contribution is 0.0652. The zero-order valence-electron chi connectivity index (χ0n) is 9.60. The molecule has 0 N–H and O–H groups in total. The Hall–Kier alpha value is -0.200. The monoisotopic (exact) mass is 437 g/mol. The molecule has 0 saturated carbocycles. The lowest BCUT2D eigenvalue weighted by atomic mass is 10.1. The van der Waals surface area contributed by atoms with E-state index >= 15 is 0 Å². The molecule has 1 aromatic rings. The Kier molecular flexibility index (Phi) is 4.29. The fourth-order valence-electron chi connectivity index (χ4n) is 1.86. The molecule has 0 radical (unpaired) electrons. The van der Waals surface area contributed by atoms with Gasteiger partial charge in [0.05, 0.1) is 11.1 Å². The van der Waals surface area contributed by atoms with E-state index in [0.29, 0.717) is 22.1 Å². The van der Waals surface area contributed by atoms with Crippen molar-refractivity contribution in [3.05, 3.63) is 30.6 Å². The first-order chi connectivity index (χ1) is 8.49. The molecule has 0 atom stereocenters. The third-order valence-corrected chi connectivity index (χ3v) is 6.14. The summed E-state index contributed by atoms with van der Waals surface area (Å²) in [7, 11) is 0. The van der Waals surface area contributed by atoms with Crippen molar-refractivity contribution in [1.29, 1.82) is 0 Å². The molecule has 1 aromatic carbocycles. The van der Waals surface area contributed by atoms with Gasteiger partial charge in [-0.1, -0.05) is 13.3 Å². The number of carbonyl (C=O) groups excluding carboxylic acids is 2. The summed E-state index contributed by atoms with van der Waals surface area (Å²) in [5.74, 6) is -0.430. The van der Waals surface area contributed by atoms with Gasteiger partial charge in [0.25, 0.3) is 11.8 Å². The predicted molar refractivity (Wildman–Crippen MR) is 79.8 cm³/mol. The van der Waals surface area contributed by atoms with Crippen LogP contribution in [0.4, 0.5) is 0 Å². The highest BCUT2D eigenvalue weighted by atomic mass is 79.9. The minimum Gasteiger partial charge on any atom is -0.274 e. The molecule has 0 fully saturated rings. The molecule has 1 aliphatic rings. The number of hydrogen-bond donors (Lipinski definition) is 0. The first kappa shape index (κ1) is 14.2. The van der Waals surface area contributed by atoms with E-state index in [0.717, 1.165) is 21.8 Å². The van der Waals surface area contributed by atoms with Crippen molar-refractivity contribution in [3.63, 3.8) is 0 Å². The van der Waals surface area contributed by atoms with Crippen molar-refractivity contribution in [2.45, 2.75) is 19.8 Å². The van der Waals surface area contributed by atoms with Crippen LogP contribution in [0.1, 0.15) is 40.5 Å². The quantitative estimate of drug-likeness (QED) is 0.518. The molecule has 2 amide bonds. The second-order valence-corrected chi connectivity index (χ2v) is 6.46. The van der Waals surface area contributed by atoms with E-state index in [1.807, 2.05) is 6.92 Å². The van der Waals surface area contributed by atoms with Crippen molar-refractivity contribution in [2.75, 3.05) is 6.54 Å². The van der Waals surface area contributed by atoms with Gasteiger partial charge in [0.15, 0.2) is 0 Å². The van der Waals surface area contributed by atoms with Gasteiger partial charge < -0.3 is 0 Å². The maximum absolute atomic E-state index is 12.2. The zero-order chi connectivity index (χ0) is 13.4. The molecule has 6 heteroatoms. The number of rotatable bonds is 3. The van der Waals surface area contributed by atoms with Gasteiger partial charge in [-0.2, -0.15) is 0 Å². The van der Waals surface area contributed by atoms with E-state index in [1.165, 1.54) is 4.90 Å². The molecule has 0 saturated heterocycles. The summed E-state index contributed by atoms with van der Waals surface area (Å²) in [5.41, 5.74) is 0.907. The van der Waals surface area contributed by atoms with E-state index in [1.54, 1.807) is 6.07 Å². The SMILES string of the molecule is CCCCN1C(=O)c2cc(Br)c(Br)c(Br)c2C1=O. The summed E-state index contributed by atoms with van der Waals surface area (Å²) in [5, 5.41) is 0. The van der Waals surface area contributed by atoms with Gasteiger partial charge in [-0.3, -0.25) is 14.5 Å². The fourth-order valence-corrected chi connectivity index (χ4v) is 3.47. The van der Waals surface area contributed by atoms with Crippen molar-refractivity contribution in [1.82, 2.24) is 4.90 Å². The highest BCUT2D eigenvalue weighted by Gasteiger charge is 2.38. The van der Waals surface area contributed by atoms with Crippen LogP contribution in [0.15, 0.2) is 19.5 Å². The lowest BCUT2D eigenvalue weighted by Gasteiger charge is -2.12. The van der Waals surface area contributed by atoms with Gasteiger partial charge in [-0.25, -0.2) is 0 Å². The Morgan fingerprint density at radius 3 is 2.39 bits per heavy atom. The number of nitrogens with zero attached hydrogens (tertiary/aromatic N) is 1. The average Bonchev–Trinajstić information content (AvgIpc) is 2.57. The number of unbranched alkanes of at least 4 members (excludes halogenated alkanes) is 1. The zero-order valence-corrected chi connectivity index (χ0v) is 14.4. The first-order valence-corrected chi connectivity index (χ1v) is 7.90. The van der Waals surface area contributed by atoms with Crippen LogP contribution >= 0.6 is 47.8 Å². The molecule has 2 rings (SSSR count). The molecule has 1 aliphatic heterocycles. The van der Waals surface area contributed by atoms with E-state index in [4.69, 9.17) is 0 Å². The lowest BCUT2D eigenvalue weighted by Crippen LogP contribution is -2.30. The van der Waals surface area contributed by atoms with E-state index in [-0.39, 0.29) is 11.8 Å². The largest absolute Gasteiger partial charge is 0.274 e. The third-order valence-electron chi connectivity index (χ3n) is 2.83. The van der Waals surface area contributed by atoms with Crippen LogP contribution in [0.25, 0.3) is 0 Å². The number of imide groups is 1. The second kappa shape index (κ2) is 5.43. The molecule has 0 aliphatic carbocycles. The van der Waals surface area contributed by atoms with Crippen LogP contribution < -0.4 is 0 Å². The number of halogens is 3. The van der Waals surface area contributed by atoms with E-state index in [9.17, 15) is 9.59 Å². The molecule has 1 heterocycles. The van der Waals surface area contributed by atoms with Crippen LogP contribution in [0.2, 0.25) is 0 Å². The van der Waals surface area contributed by atoms with Gasteiger partial charge in [0, 0.05) is 20.0 Å². The molecule has 0 aromatic heterocycles. The highest BCUT2D eigenvalue weighted by Crippen LogP contribution is 2.39. The molecule has 3 nitrogen and oxygen atoms in total. The molecule has 0 unspecified atom stereocenters. The normalized spacial score (nSPS) is 14.3. The predicted octanol–water partition coefficient (Wildman–Crippen LogP) is 4.37. The van der Waals surface area contributed by atoms with Crippen LogP contribution in [-0.2, 0) is 0 Å². The Morgan fingerprint density at radius 1 is 1.11 bits per heavy atom. The Bertz CT molecular complexity index is 543. The Labute approximate surface area is 130 Å². The average molecular weight is 440 g/mol. The minimum absolute atomic E-state index is 0.211. The van der Waals surface area contributed by atoms with Crippen LogP contribution in [0, 0.1) is 0 Å². The Balaban J connectivity index is 2.49. The summed E-state index contributed by atoms with van der Waals surface area (Å²) >= 11 is 10.1.